The maximum atomic E-state index is 12.7. The first-order chi connectivity index (χ1) is 14.6. The van der Waals surface area contributed by atoms with E-state index >= 15 is 0 Å². The largest absolute Gasteiger partial charge is 0.489 e. The van der Waals surface area contributed by atoms with Crippen molar-refractivity contribution in [1.29, 1.82) is 5.26 Å². The van der Waals surface area contributed by atoms with Crippen molar-refractivity contribution in [1.82, 2.24) is 5.32 Å². The number of carbonyl (C=O) groups excluding carboxylic acids is 1. The number of nitrogens with zero attached hydrogens (tertiary/aromatic N) is 1. The van der Waals surface area contributed by atoms with E-state index in [0.717, 1.165) is 11.1 Å². The van der Waals surface area contributed by atoms with Crippen LogP contribution in [0.4, 0.5) is 0 Å². The summed E-state index contributed by atoms with van der Waals surface area (Å²) >= 11 is 0. The zero-order valence-electron chi connectivity index (χ0n) is 16.4. The van der Waals surface area contributed by atoms with Crippen LogP contribution in [0.1, 0.15) is 40.0 Å². The molecule has 0 aliphatic carbocycles. The van der Waals surface area contributed by atoms with Gasteiger partial charge in [-0.15, -0.1) is 0 Å². The highest BCUT2D eigenvalue weighted by atomic mass is 16.7. The monoisotopic (exact) mass is 400 g/mol. The lowest BCUT2D eigenvalue weighted by Crippen LogP contribution is -2.26. The first-order valence-corrected chi connectivity index (χ1v) is 9.55. The standard InChI is InChI=1S/C24H20N2O4/c1-16(17-9-10-22-23(12-17)30-15-29-22)26-24(27)18-7-4-8-21(11-18)28-14-20-6-3-2-5-19(20)13-25/h2-12,16H,14-15H2,1H3,(H,26,27). The fourth-order valence-corrected chi connectivity index (χ4v) is 3.19. The topological polar surface area (TPSA) is 80.6 Å². The van der Waals surface area contributed by atoms with Gasteiger partial charge in [-0.05, 0) is 48.9 Å². The minimum Gasteiger partial charge on any atom is -0.489 e. The Bertz CT molecular complexity index is 1120. The summed E-state index contributed by atoms with van der Waals surface area (Å²) in [6.07, 6.45) is 0. The molecule has 3 aromatic carbocycles. The van der Waals surface area contributed by atoms with Gasteiger partial charge in [-0.25, -0.2) is 0 Å². The fourth-order valence-electron chi connectivity index (χ4n) is 3.19. The molecule has 150 valence electrons. The Kier molecular flexibility index (Phi) is 5.53. The molecule has 6 heteroatoms. The first-order valence-electron chi connectivity index (χ1n) is 9.55. The normalized spacial score (nSPS) is 12.7. The summed E-state index contributed by atoms with van der Waals surface area (Å²) in [5, 5.41) is 12.2. The number of nitriles is 1. The van der Waals surface area contributed by atoms with Crippen molar-refractivity contribution in [3.05, 3.63) is 89.0 Å². The number of rotatable bonds is 6. The van der Waals surface area contributed by atoms with Crippen LogP contribution in [0.25, 0.3) is 0 Å². The highest BCUT2D eigenvalue weighted by molar-refractivity contribution is 5.94. The lowest BCUT2D eigenvalue weighted by molar-refractivity contribution is 0.0939. The van der Waals surface area contributed by atoms with Crippen LogP contribution in [0.5, 0.6) is 17.2 Å². The van der Waals surface area contributed by atoms with Crippen LogP contribution in [0.3, 0.4) is 0 Å². The predicted octanol–water partition coefficient (Wildman–Crippen LogP) is 4.36. The first kappa shape index (κ1) is 19.3. The van der Waals surface area contributed by atoms with E-state index in [2.05, 4.69) is 11.4 Å². The second-order valence-corrected chi connectivity index (χ2v) is 6.89. The summed E-state index contributed by atoms with van der Waals surface area (Å²) in [6.45, 7) is 2.38. The second kappa shape index (κ2) is 8.58. The fraction of sp³-hybridized carbons (Fsp3) is 0.167. The Morgan fingerprint density at radius 2 is 1.93 bits per heavy atom. The second-order valence-electron chi connectivity index (χ2n) is 6.89. The summed E-state index contributed by atoms with van der Waals surface area (Å²) in [4.78, 5) is 12.7. The van der Waals surface area contributed by atoms with E-state index in [0.29, 0.717) is 28.4 Å². The molecule has 6 nitrogen and oxygen atoms in total. The molecule has 1 atom stereocenters. The molecule has 1 heterocycles. The highest BCUT2D eigenvalue weighted by Gasteiger charge is 2.17. The van der Waals surface area contributed by atoms with Crippen LogP contribution in [0, 0.1) is 11.3 Å². The maximum Gasteiger partial charge on any atom is 0.251 e. The number of benzene rings is 3. The quantitative estimate of drug-likeness (QED) is 0.665. The van der Waals surface area contributed by atoms with Gasteiger partial charge in [0.2, 0.25) is 6.79 Å². The van der Waals surface area contributed by atoms with Gasteiger partial charge >= 0.3 is 0 Å². The summed E-state index contributed by atoms with van der Waals surface area (Å²) < 4.78 is 16.5. The Morgan fingerprint density at radius 3 is 2.80 bits per heavy atom. The predicted molar refractivity (Wildman–Crippen MR) is 110 cm³/mol. The van der Waals surface area contributed by atoms with E-state index in [1.165, 1.54) is 0 Å². The Labute approximate surface area is 174 Å². The molecule has 30 heavy (non-hydrogen) atoms. The van der Waals surface area contributed by atoms with Gasteiger partial charge in [0.15, 0.2) is 11.5 Å². The van der Waals surface area contributed by atoms with Crippen LogP contribution in [0.2, 0.25) is 0 Å². The van der Waals surface area contributed by atoms with E-state index in [1.54, 1.807) is 30.3 Å². The number of hydrogen-bond donors (Lipinski definition) is 1. The molecule has 4 rings (SSSR count). The van der Waals surface area contributed by atoms with Crippen molar-refractivity contribution in [3.8, 4) is 23.3 Å². The van der Waals surface area contributed by atoms with Gasteiger partial charge in [-0.1, -0.05) is 30.3 Å². The molecule has 0 fully saturated rings. The van der Waals surface area contributed by atoms with Gasteiger partial charge in [-0.3, -0.25) is 4.79 Å². The molecule has 0 saturated carbocycles. The number of hydrogen-bond acceptors (Lipinski definition) is 5. The van der Waals surface area contributed by atoms with Gasteiger partial charge in [0.1, 0.15) is 12.4 Å². The minimum absolute atomic E-state index is 0.206. The molecule has 1 unspecified atom stereocenters. The van der Waals surface area contributed by atoms with Crippen LogP contribution in [-0.2, 0) is 6.61 Å². The molecule has 1 N–H and O–H groups in total. The molecule has 0 bridgehead atoms. The third-order valence-electron chi connectivity index (χ3n) is 4.87. The van der Waals surface area contributed by atoms with Crippen molar-refractivity contribution in [2.24, 2.45) is 0 Å². The maximum absolute atomic E-state index is 12.7. The highest BCUT2D eigenvalue weighted by Crippen LogP contribution is 2.34. The zero-order chi connectivity index (χ0) is 20.9. The van der Waals surface area contributed by atoms with E-state index in [1.807, 2.05) is 43.3 Å². The van der Waals surface area contributed by atoms with E-state index in [4.69, 9.17) is 14.2 Å². The molecule has 1 aliphatic heterocycles. The number of ether oxygens (including phenoxy) is 3. The van der Waals surface area contributed by atoms with Crippen LogP contribution >= 0.6 is 0 Å². The Balaban J connectivity index is 1.41. The molecule has 0 spiro atoms. The number of fused-ring (bicyclic) bond motifs is 1. The SMILES string of the molecule is CC(NC(=O)c1cccc(OCc2ccccc2C#N)c1)c1ccc2c(c1)OCO2. The van der Waals surface area contributed by atoms with Gasteiger partial charge in [0, 0.05) is 11.1 Å². The van der Waals surface area contributed by atoms with Crippen LogP contribution in [0.15, 0.2) is 66.7 Å². The van der Waals surface area contributed by atoms with E-state index < -0.39 is 0 Å². The molecular weight excluding hydrogens is 380 g/mol. The van der Waals surface area contributed by atoms with Gasteiger partial charge < -0.3 is 19.5 Å². The molecular formula is C24H20N2O4. The molecule has 0 radical (unpaired) electrons. The molecule has 1 amide bonds. The van der Waals surface area contributed by atoms with Gasteiger partial charge in [0.25, 0.3) is 5.91 Å². The lowest BCUT2D eigenvalue weighted by Gasteiger charge is -2.15. The summed E-state index contributed by atoms with van der Waals surface area (Å²) in [5.41, 5.74) is 2.79. The molecule has 0 saturated heterocycles. The third-order valence-corrected chi connectivity index (χ3v) is 4.87. The third kappa shape index (κ3) is 4.20. The van der Waals surface area contributed by atoms with E-state index in [9.17, 15) is 10.1 Å². The summed E-state index contributed by atoms with van der Waals surface area (Å²) in [5.74, 6) is 1.75. The number of amides is 1. The van der Waals surface area contributed by atoms with Gasteiger partial charge in [-0.2, -0.15) is 5.26 Å². The minimum atomic E-state index is -0.209. The van der Waals surface area contributed by atoms with Crippen LogP contribution in [-0.4, -0.2) is 12.7 Å². The zero-order valence-corrected chi connectivity index (χ0v) is 16.4. The van der Waals surface area contributed by atoms with Crippen molar-refractivity contribution in [3.63, 3.8) is 0 Å². The number of nitrogens with one attached hydrogen (secondary N) is 1. The Hall–Kier alpha value is -3.98. The molecule has 1 aliphatic rings. The van der Waals surface area contributed by atoms with E-state index in [-0.39, 0.29) is 25.3 Å². The lowest BCUT2D eigenvalue weighted by atomic mass is 10.1. The Morgan fingerprint density at radius 1 is 1.10 bits per heavy atom. The van der Waals surface area contributed by atoms with Gasteiger partial charge in [0.05, 0.1) is 17.7 Å². The van der Waals surface area contributed by atoms with Crippen molar-refractivity contribution >= 4 is 5.91 Å². The summed E-state index contributed by atoms with van der Waals surface area (Å²) in [7, 11) is 0. The van der Waals surface area contributed by atoms with Crippen molar-refractivity contribution < 1.29 is 19.0 Å². The van der Waals surface area contributed by atoms with Crippen molar-refractivity contribution in [2.45, 2.75) is 19.6 Å². The average Bonchev–Trinajstić information content (AvgIpc) is 3.26. The number of carbonyl (C=O) groups is 1. The molecule has 3 aromatic rings. The summed E-state index contributed by atoms with van der Waals surface area (Å²) in [6, 6.07) is 21.8. The van der Waals surface area contributed by atoms with Crippen LogP contribution < -0.4 is 19.5 Å². The average molecular weight is 400 g/mol. The molecule has 0 aromatic heterocycles. The van der Waals surface area contributed by atoms with Crippen molar-refractivity contribution in [2.75, 3.05) is 6.79 Å². The smallest absolute Gasteiger partial charge is 0.251 e.